The van der Waals surface area contributed by atoms with Gasteiger partial charge in [-0.15, -0.1) is 0 Å². The van der Waals surface area contributed by atoms with Crippen LogP contribution in [0.1, 0.15) is 62.4 Å². The van der Waals surface area contributed by atoms with Gasteiger partial charge in [0.15, 0.2) is 11.6 Å². The SMILES string of the molecule is CN[C@@H](C)C(=O)N[C@H](C(=O)N1C[C@H]2CC[C@@H]1CN2C(=O)c1cc2cc(F)c(F)cc2n1C)C1CCCCC1. The fourth-order valence-electron chi connectivity index (χ4n) is 6.47. The Balaban J connectivity index is 1.34. The molecule has 3 aliphatic heterocycles. The number of benzene rings is 1. The van der Waals surface area contributed by atoms with E-state index >= 15 is 0 Å². The van der Waals surface area contributed by atoms with Crippen molar-refractivity contribution in [2.75, 3.05) is 20.1 Å². The molecule has 2 bridgehead atoms. The highest BCUT2D eigenvalue weighted by Gasteiger charge is 2.46. The summed E-state index contributed by atoms with van der Waals surface area (Å²) in [4.78, 5) is 44.0. The summed E-state index contributed by atoms with van der Waals surface area (Å²) in [7, 11) is 3.40. The van der Waals surface area contributed by atoms with E-state index < -0.39 is 23.7 Å². The van der Waals surface area contributed by atoms with Crippen LogP contribution in [-0.2, 0) is 16.6 Å². The average molecular weight is 530 g/mol. The minimum absolute atomic E-state index is 0.0501. The highest BCUT2D eigenvalue weighted by molar-refractivity contribution is 5.99. The number of likely N-dealkylation sites (N-methyl/N-ethyl adjacent to an activating group) is 1. The molecule has 8 nitrogen and oxygen atoms in total. The van der Waals surface area contributed by atoms with Crippen molar-refractivity contribution in [3.8, 4) is 0 Å². The molecular formula is C28H37F2N5O3. The lowest BCUT2D eigenvalue weighted by atomic mass is 9.82. The Hall–Kier alpha value is -3.01. The van der Waals surface area contributed by atoms with Gasteiger partial charge in [0.25, 0.3) is 5.91 Å². The standard InChI is InChI=1S/C28H37F2N5O3/c1-16(31-2)26(36)32-25(17-7-5-4-6-8-17)28(38)35-15-19-9-10-20(35)14-34(19)27(37)24-12-18-11-21(29)22(30)13-23(18)33(24)3/h11-13,16-17,19-20,25,31H,4-10,14-15H2,1-3H3,(H,32,36)/t16-,19+,20+,25-/m0/s1. The molecule has 2 aromatic rings. The van der Waals surface area contributed by atoms with Crippen LogP contribution in [0.5, 0.6) is 0 Å². The van der Waals surface area contributed by atoms with E-state index in [1.54, 1.807) is 36.6 Å². The quantitative estimate of drug-likeness (QED) is 0.603. The molecule has 2 N–H and O–H groups in total. The van der Waals surface area contributed by atoms with Crippen LogP contribution in [0, 0.1) is 17.6 Å². The molecule has 0 spiro atoms. The van der Waals surface area contributed by atoms with E-state index in [-0.39, 0.29) is 35.7 Å². The van der Waals surface area contributed by atoms with Crippen LogP contribution < -0.4 is 10.6 Å². The summed E-state index contributed by atoms with van der Waals surface area (Å²) in [5, 5.41) is 6.46. The molecule has 1 aromatic carbocycles. The van der Waals surface area contributed by atoms with E-state index in [1.807, 2.05) is 4.90 Å². The Labute approximate surface area is 221 Å². The zero-order chi connectivity index (χ0) is 27.1. The first-order valence-corrected chi connectivity index (χ1v) is 13.7. The summed E-state index contributed by atoms with van der Waals surface area (Å²) in [5.41, 5.74) is 0.817. The van der Waals surface area contributed by atoms with Crippen molar-refractivity contribution in [3.05, 3.63) is 35.5 Å². The van der Waals surface area contributed by atoms with Gasteiger partial charge in [-0.2, -0.15) is 0 Å². The number of aromatic nitrogens is 1. The topological polar surface area (TPSA) is 86.7 Å². The van der Waals surface area contributed by atoms with Gasteiger partial charge in [-0.1, -0.05) is 19.3 Å². The van der Waals surface area contributed by atoms with Crippen molar-refractivity contribution in [1.29, 1.82) is 0 Å². The zero-order valence-electron chi connectivity index (χ0n) is 22.3. The Morgan fingerprint density at radius 2 is 1.55 bits per heavy atom. The van der Waals surface area contributed by atoms with Gasteiger partial charge in [-0.3, -0.25) is 14.4 Å². The second-order valence-electron chi connectivity index (χ2n) is 11.1. The van der Waals surface area contributed by atoms with Crippen molar-refractivity contribution in [2.45, 2.75) is 76.0 Å². The third kappa shape index (κ3) is 4.79. The summed E-state index contributed by atoms with van der Waals surface area (Å²) in [5.74, 6) is -2.22. The summed E-state index contributed by atoms with van der Waals surface area (Å²) < 4.78 is 29.2. The molecule has 3 saturated heterocycles. The van der Waals surface area contributed by atoms with Gasteiger partial charge in [0.05, 0.1) is 11.6 Å². The predicted molar refractivity (Wildman–Crippen MR) is 139 cm³/mol. The van der Waals surface area contributed by atoms with Gasteiger partial charge in [0.1, 0.15) is 11.7 Å². The van der Waals surface area contributed by atoms with Crippen LogP contribution in [0.3, 0.4) is 0 Å². The molecule has 10 heteroatoms. The number of aryl methyl sites for hydroxylation is 1. The molecule has 4 aliphatic rings. The lowest BCUT2D eigenvalue weighted by molar-refractivity contribution is -0.146. The maximum absolute atomic E-state index is 13.9. The number of piperidine rings is 2. The minimum Gasteiger partial charge on any atom is -0.343 e. The third-order valence-corrected chi connectivity index (χ3v) is 8.89. The predicted octanol–water partition coefficient (Wildman–Crippen LogP) is 2.94. The van der Waals surface area contributed by atoms with Crippen LogP contribution in [-0.4, -0.2) is 76.4 Å². The number of nitrogens with one attached hydrogen (secondary N) is 2. The molecule has 1 aliphatic carbocycles. The fraction of sp³-hybridized carbons (Fsp3) is 0.607. The second-order valence-corrected chi connectivity index (χ2v) is 11.1. The van der Waals surface area contributed by atoms with Crippen LogP contribution in [0.25, 0.3) is 10.9 Å². The Bertz CT molecular complexity index is 1240. The molecular weight excluding hydrogens is 492 g/mol. The number of amides is 3. The summed E-state index contributed by atoms with van der Waals surface area (Å²) in [6.07, 6.45) is 6.67. The summed E-state index contributed by atoms with van der Waals surface area (Å²) in [6, 6.07) is 2.57. The van der Waals surface area contributed by atoms with Gasteiger partial charge >= 0.3 is 0 Å². The number of rotatable bonds is 6. The summed E-state index contributed by atoms with van der Waals surface area (Å²) >= 11 is 0. The average Bonchev–Trinajstić information content (AvgIpc) is 3.25. The van der Waals surface area contributed by atoms with Gasteiger partial charge < -0.3 is 25.0 Å². The van der Waals surface area contributed by atoms with E-state index in [2.05, 4.69) is 10.6 Å². The molecule has 38 heavy (non-hydrogen) atoms. The Morgan fingerprint density at radius 3 is 2.18 bits per heavy atom. The number of carbonyl (C=O) groups is 3. The van der Waals surface area contributed by atoms with Crippen LogP contribution in [0.4, 0.5) is 8.78 Å². The fourth-order valence-corrected chi connectivity index (χ4v) is 6.47. The highest BCUT2D eigenvalue weighted by Crippen LogP contribution is 2.34. The maximum Gasteiger partial charge on any atom is 0.270 e. The van der Waals surface area contributed by atoms with Gasteiger partial charge in [0.2, 0.25) is 11.8 Å². The smallest absolute Gasteiger partial charge is 0.270 e. The number of hydrogen-bond donors (Lipinski definition) is 2. The van der Waals surface area contributed by atoms with Crippen molar-refractivity contribution in [2.24, 2.45) is 13.0 Å². The van der Waals surface area contributed by atoms with E-state index in [1.165, 1.54) is 0 Å². The van der Waals surface area contributed by atoms with Crippen molar-refractivity contribution in [1.82, 2.24) is 25.0 Å². The Morgan fingerprint density at radius 1 is 0.921 bits per heavy atom. The van der Waals surface area contributed by atoms with E-state index in [0.717, 1.165) is 57.1 Å². The van der Waals surface area contributed by atoms with Gasteiger partial charge in [0, 0.05) is 43.7 Å². The van der Waals surface area contributed by atoms with Crippen LogP contribution in [0.15, 0.2) is 18.2 Å². The summed E-state index contributed by atoms with van der Waals surface area (Å²) in [6.45, 7) is 2.60. The lowest BCUT2D eigenvalue weighted by Crippen LogP contribution is -2.68. The monoisotopic (exact) mass is 529 g/mol. The largest absolute Gasteiger partial charge is 0.343 e. The molecule has 6 rings (SSSR count). The van der Waals surface area contributed by atoms with E-state index in [4.69, 9.17) is 0 Å². The number of hydrogen-bond acceptors (Lipinski definition) is 4. The number of piperazine rings is 1. The van der Waals surface area contributed by atoms with Crippen LogP contribution >= 0.6 is 0 Å². The number of carbonyl (C=O) groups excluding carboxylic acids is 3. The molecule has 1 aromatic heterocycles. The number of fused-ring (bicyclic) bond motifs is 4. The molecule has 206 valence electrons. The lowest BCUT2D eigenvalue weighted by Gasteiger charge is -2.52. The molecule has 1 saturated carbocycles. The zero-order valence-corrected chi connectivity index (χ0v) is 22.3. The highest BCUT2D eigenvalue weighted by atomic mass is 19.2. The first-order chi connectivity index (χ1) is 18.2. The van der Waals surface area contributed by atoms with Crippen molar-refractivity contribution < 1.29 is 23.2 Å². The molecule has 4 atom stereocenters. The Kier molecular flexibility index (Phi) is 7.44. The molecule has 0 unspecified atom stereocenters. The third-order valence-electron chi connectivity index (χ3n) is 8.89. The molecule has 3 amide bonds. The first kappa shape index (κ1) is 26.6. The molecule has 4 fully saturated rings. The molecule has 4 heterocycles. The first-order valence-electron chi connectivity index (χ1n) is 13.7. The number of halogens is 2. The molecule has 0 radical (unpaired) electrons. The second kappa shape index (κ2) is 10.6. The van der Waals surface area contributed by atoms with Gasteiger partial charge in [-0.05, 0) is 57.7 Å². The number of nitrogens with zero attached hydrogens (tertiary/aromatic N) is 3. The van der Waals surface area contributed by atoms with E-state index in [9.17, 15) is 23.2 Å². The normalized spacial score (nSPS) is 23.5. The van der Waals surface area contributed by atoms with Crippen molar-refractivity contribution in [3.63, 3.8) is 0 Å². The minimum atomic E-state index is -0.951. The van der Waals surface area contributed by atoms with E-state index in [0.29, 0.717) is 29.7 Å². The van der Waals surface area contributed by atoms with Crippen molar-refractivity contribution >= 4 is 28.6 Å². The maximum atomic E-state index is 13.9. The van der Waals surface area contributed by atoms with Gasteiger partial charge in [-0.25, -0.2) is 8.78 Å². The van der Waals surface area contributed by atoms with Crippen LogP contribution in [0.2, 0.25) is 0 Å².